The molecule has 0 heterocycles. The van der Waals surface area contributed by atoms with Gasteiger partial charge < -0.3 is 5.73 Å². The smallest absolute Gasteiger partial charge is 0.329 e. The van der Waals surface area contributed by atoms with Crippen LogP contribution < -0.4 is 10.5 Å². The molecule has 24 heavy (non-hydrogen) atoms. The Balaban J connectivity index is 2.51. The van der Waals surface area contributed by atoms with Gasteiger partial charge in [0.1, 0.15) is 0 Å². The van der Waals surface area contributed by atoms with Crippen LogP contribution in [0.25, 0.3) is 0 Å². The van der Waals surface area contributed by atoms with Gasteiger partial charge in [0.05, 0.1) is 15.4 Å². The number of alkyl halides is 3. The second kappa shape index (κ2) is 6.30. The number of nitro benzene ring substituents is 1. The molecule has 0 aromatic heterocycles. The maximum atomic E-state index is 13.2. The van der Waals surface area contributed by atoms with Crippen LogP contribution in [0.1, 0.15) is 31.2 Å². The average molecular weight is 367 g/mol. The van der Waals surface area contributed by atoms with Gasteiger partial charge in [0.2, 0.25) is 10.0 Å². The number of rotatable bonds is 5. The zero-order chi connectivity index (χ0) is 18.2. The molecule has 134 valence electrons. The monoisotopic (exact) mass is 367 g/mol. The van der Waals surface area contributed by atoms with Crippen molar-refractivity contribution in [2.45, 2.75) is 42.3 Å². The van der Waals surface area contributed by atoms with Gasteiger partial charge in [-0.05, 0) is 18.9 Å². The Labute approximate surface area is 136 Å². The van der Waals surface area contributed by atoms with Crippen LogP contribution in [0, 0.1) is 10.1 Å². The second-order valence-corrected chi connectivity index (χ2v) is 7.38. The van der Waals surface area contributed by atoms with E-state index in [2.05, 4.69) is 4.72 Å². The van der Waals surface area contributed by atoms with Crippen molar-refractivity contribution in [3.63, 3.8) is 0 Å². The van der Waals surface area contributed by atoms with Crippen LogP contribution in [0.4, 0.5) is 18.9 Å². The number of halogens is 3. The van der Waals surface area contributed by atoms with Gasteiger partial charge in [0.25, 0.3) is 5.69 Å². The summed E-state index contributed by atoms with van der Waals surface area (Å²) in [6.45, 7) is -0.0411. The first kappa shape index (κ1) is 18.6. The number of nitrogens with one attached hydrogen (secondary N) is 1. The molecular formula is C13H16F3N3O4S. The number of nitrogens with zero attached hydrogens (tertiary/aromatic N) is 1. The van der Waals surface area contributed by atoms with Gasteiger partial charge in [-0.25, -0.2) is 13.1 Å². The highest BCUT2D eigenvalue weighted by molar-refractivity contribution is 7.89. The van der Waals surface area contributed by atoms with Gasteiger partial charge >= 0.3 is 6.18 Å². The first-order chi connectivity index (χ1) is 11.0. The Hall–Kier alpha value is -1.72. The Morgan fingerprint density at radius 3 is 2.33 bits per heavy atom. The molecule has 0 aliphatic heterocycles. The fraction of sp³-hybridized carbons (Fsp3) is 0.538. The van der Waals surface area contributed by atoms with Gasteiger partial charge in [-0.2, -0.15) is 13.2 Å². The maximum Gasteiger partial charge on any atom is 0.417 e. The predicted molar refractivity (Wildman–Crippen MR) is 78.7 cm³/mol. The molecule has 0 saturated heterocycles. The zero-order valence-corrected chi connectivity index (χ0v) is 13.3. The van der Waals surface area contributed by atoms with Crippen LogP contribution in [0.15, 0.2) is 23.1 Å². The van der Waals surface area contributed by atoms with Crippen molar-refractivity contribution in [2.75, 3.05) is 6.54 Å². The normalized spacial score (nSPS) is 17.8. The van der Waals surface area contributed by atoms with E-state index < -0.39 is 42.8 Å². The molecule has 3 N–H and O–H groups in total. The molecule has 2 rings (SSSR count). The Kier molecular flexibility index (Phi) is 4.88. The SMILES string of the molecule is NCC1(NS(=O)(=O)c2ccc([N+](=O)[O-])cc2C(F)(F)F)CCCC1. The number of nitro groups is 1. The zero-order valence-electron chi connectivity index (χ0n) is 12.5. The van der Waals surface area contributed by atoms with E-state index in [1.807, 2.05) is 0 Å². The summed E-state index contributed by atoms with van der Waals surface area (Å²) >= 11 is 0. The van der Waals surface area contributed by atoms with Crippen LogP contribution in [0.2, 0.25) is 0 Å². The molecule has 7 nitrogen and oxygen atoms in total. The lowest BCUT2D eigenvalue weighted by Gasteiger charge is -2.28. The second-order valence-electron chi connectivity index (χ2n) is 5.73. The summed E-state index contributed by atoms with van der Waals surface area (Å²) in [7, 11) is -4.54. The summed E-state index contributed by atoms with van der Waals surface area (Å²) < 4.78 is 66.7. The lowest BCUT2D eigenvalue weighted by atomic mass is 10.0. The van der Waals surface area contributed by atoms with E-state index in [1.54, 1.807) is 0 Å². The van der Waals surface area contributed by atoms with Crippen molar-refractivity contribution in [1.29, 1.82) is 0 Å². The third kappa shape index (κ3) is 3.68. The summed E-state index contributed by atoms with van der Waals surface area (Å²) in [5.41, 5.74) is 2.21. The molecule has 0 spiro atoms. The van der Waals surface area contributed by atoms with Crippen molar-refractivity contribution in [3.05, 3.63) is 33.9 Å². The quantitative estimate of drug-likeness (QED) is 0.611. The van der Waals surface area contributed by atoms with Crippen LogP contribution in [-0.2, 0) is 16.2 Å². The summed E-state index contributed by atoms with van der Waals surface area (Å²) in [5, 5.41) is 10.7. The standard InChI is InChI=1S/C13H16F3N3O4S/c14-13(15,16)10-7-9(19(20)21)3-4-11(10)24(22,23)18-12(8-17)5-1-2-6-12/h3-4,7,18H,1-2,5-6,8,17H2. The molecule has 0 unspecified atom stereocenters. The summed E-state index contributed by atoms with van der Waals surface area (Å²) in [6.07, 6.45) is -2.77. The van der Waals surface area contributed by atoms with E-state index in [1.165, 1.54) is 0 Å². The lowest BCUT2D eigenvalue weighted by Crippen LogP contribution is -2.51. The lowest BCUT2D eigenvalue weighted by molar-refractivity contribution is -0.385. The van der Waals surface area contributed by atoms with Crippen molar-refractivity contribution < 1.29 is 26.5 Å². The highest BCUT2D eigenvalue weighted by Gasteiger charge is 2.42. The summed E-state index contributed by atoms with van der Waals surface area (Å²) in [5.74, 6) is 0. The number of benzene rings is 1. The minimum absolute atomic E-state index is 0.0411. The molecule has 1 aromatic carbocycles. The molecule has 0 bridgehead atoms. The molecule has 0 radical (unpaired) electrons. The van der Waals surface area contributed by atoms with Gasteiger partial charge in [-0.1, -0.05) is 12.8 Å². The molecule has 1 aromatic rings. The predicted octanol–water partition coefficient (Wildman–Crippen LogP) is 2.16. The molecular weight excluding hydrogens is 351 g/mol. The van der Waals surface area contributed by atoms with Crippen molar-refractivity contribution in [3.8, 4) is 0 Å². The van der Waals surface area contributed by atoms with Crippen LogP contribution >= 0.6 is 0 Å². The summed E-state index contributed by atoms with van der Waals surface area (Å²) in [6, 6.07) is 1.55. The Morgan fingerprint density at radius 1 is 1.29 bits per heavy atom. The Bertz CT molecular complexity index is 743. The molecule has 1 saturated carbocycles. The molecule has 1 aliphatic carbocycles. The van der Waals surface area contributed by atoms with Crippen molar-refractivity contribution in [1.82, 2.24) is 4.72 Å². The molecule has 1 fully saturated rings. The van der Waals surface area contributed by atoms with Gasteiger partial charge in [0, 0.05) is 24.2 Å². The highest BCUT2D eigenvalue weighted by atomic mass is 32.2. The fourth-order valence-electron chi connectivity index (χ4n) is 2.83. The van der Waals surface area contributed by atoms with E-state index >= 15 is 0 Å². The van der Waals surface area contributed by atoms with Crippen LogP contribution in [0.3, 0.4) is 0 Å². The third-order valence-corrected chi connectivity index (χ3v) is 5.71. The van der Waals surface area contributed by atoms with E-state index in [0.717, 1.165) is 6.07 Å². The highest BCUT2D eigenvalue weighted by Crippen LogP contribution is 2.38. The molecule has 0 amide bonds. The summed E-state index contributed by atoms with van der Waals surface area (Å²) in [4.78, 5) is 8.62. The third-order valence-electron chi connectivity index (χ3n) is 4.07. The van der Waals surface area contributed by atoms with E-state index in [-0.39, 0.29) is 12.6 Å². The average Bonchev–Trinajstić information content (AvgIpc) is 2.94. The Morgan fingerprint density at radius 2 is 1.88 bits per heavy atom. The molecule has 1 aliphatic rings. The minimum atomic E-state index is -5.05. The number of non-ortho nitro benzene ring substituents is 1. The first-order valence-corrected chi connectivity index (χ1v) is 8.59. The van der Waals surface area contributed by atoms with Crippen LogP contribution in [-0.4, -0.2) is 25.4 Å². The first-order valence-electron chi connectivity index (χ1n) is 7.10. The maximum absolute atomic E-state index is 13.2. The number of hydrogen-bond acceptors (Lipinski definition) is 5. The van der Waals surface area contributed by atoms with Crippen molar-refractivity contribution >= 4 is 15.7 Å². The molecule has 0 atom stereocenters. The number of nitrogens with two attached hydrogens (primary N) is 1. The fourth-order valence-corrected chi connectivity index (χ4v) is 4.51. The topological polar surface area (TPSA) is 115 Å². The number of hydrogen-bond donors (Lipinski definition) is 2. The van der Waals surface area contributed by atoms with Crippen molar-refractivity contribution in [2.24, 2.45) is 5.73 Å². The minimum Gasteiger partial charge on any atom is -0.329 e. The van der Waals surface area contributed by atoms with Crippen LogP contribution in [0.5, 0.6) is 0 Å². The van der Waals surface area contributed by atoms with E-state index in [0.29, 0.717) is 31.7 Å². The largest absolute Gasteiger partial charge is 0.417 e. The molecule has 11 heteroatoms. The van der Waals surface area contributed by atoms with Gasteiger partial charge in [-0.15, -0.1) is 0 Å². The van der Waals surface area contributed by atoms with E-state index in [4.69, 9.17) is 5.73 Å². The van der Waals surface area contributed by atoms with Gasteiger partial charge in [-0.3, -0.25) is 10.1 Å². The number of sulfonamides is 1. The van der Waals surface area contributed by atoms with Gasteiger partial charge in [0.15, 0.2) is 0 Å². The van der Waals surface area contributed by atoms with E-state index in [9.17, 15) is 31.7 Å².